The van der Waals surface area contributed by atoms with Gasteiger partial charge in [0.25, 0.3) is 0 Å². The van der Waals surface area contributed by atoms with E-state index in [4.69, 9.17) is 9.84 Å². The van der Waals surface area contributed by atoms with Crippen LogP contribution in [0, 0.1) is 11.6 Å². The predicted octanol–water partition coefficient (Wildman–Crippen LogP) is 3.84. The van der Waals surface area contributed by atoms with Crippen molar-refractivity contribution in [2.75, 3.05) is 0 Å². The van der Waals surface area contributed by atoms with Crippen LogP contribution in [0.1, 0.15) is 31.2 Å². The van der Waals surface area contributed by atoms with Crippen molar-refractivity contribution in [3.05, 3.63) is 47.7 Å². The van der Waals surface area contributed by atoms with Crippen LogP contribution in [-0.2, 0) is 6.61 Å². The van der Waals surface area contributed by atoms with Crippen LogP contribution in [0.25, 0.3) is 11.1 Å². The lowest BCUT2D eigenvalue weighted by atomic mass is 10.0. The Morgan fingerprint density at radius 3 is 2.50 bits per heavy atom. The van der Waals surface area contributed by atoms with Crippen molar-refractivity contribution < 1.29 is 18.6 Å². The van der Waals surface area contributed by atoms with Gasteiger partial charge in [0.15, 0.2) is 0 Å². The van der Waals surface area contributed by atoms with Crippen molar-refractivity contribution in [2.45, 2.75) is 38.4 Å². The van der Waals surface area contributed by atoms with E-state index in [9.17, 15) is 8.78 Å². The Morgan fingerprint density at radius 1 is 1.18 bits per heavy atom. The summed E-state index contributed by atoms with van der Waals surface area (Å²) in [5, 5.41) is 8.99. The normalized spacial score (nSPS) is 15.2. The number of aliphatic hydroxyl groups is 1. The Balaban J connectivity index is 1.97. The second-order valence-corrected chi connectivity index (χ2v) is 5.46. The number of hydrogen-bond donors (Lipinski definition) is 1. The minimum Gasteiger partial charge on any atom is -0.474 e. The van der Waals surface area contributed by atoms with Crippen molar-refractivity contribution >= 4 is 0 Å². The van der Waals surface area contributed by atoms with Crippen molar-refractivity contribution in [3.8, 4) is 17.0 Å². The highest BCUT2D eigenvalue weighted by atomic mass is 19.1. The van der Waals surface area contributed by atoms with Gasteiger partial charge in [-0.05, 0) is 55.5 Å². The Labute approximate surface area is 127 Å². The summed E-state index contributed by atoms with van der Waals surface area (Å²) >= 11 is 0. The fourth-order valence-electron chi connectivity index (χ4n) is 2.78. The maximum Gasteiger partial charge on any atom is 0.221 e. The molecule has 1 aliphatic rings. The molecule has 0 aliphatic heterocycles. The van der Waals surface area contributed by atoms with E-state index < -0.39 is 18.2 Å². The summed E-state index contributed by atoms with van der Waals surface area (Å²) in [5.74, 6) is -1.15. The van der Waals surface area contributed by atoms with E-state index in [0.29, 0.717) is 17.0 Å². The Morgan fingerprint density at radius 2 is 1.86 bits per heavy atom. The van der Waals surface area contributed by atoms with E-state index >= 15 is 0 Å². The maximum absolute atomic E-state index is 13.9. The van der Waals surface area contributed by atoms with Gasteiger partial charge in [-0.1, -0.05) is 0 Å². The van der Waals surface area contributed by atoms with Crippen LogP contribution in [0.2, 0.25) is 0 Å². The zero-order valence-electron chi connectivity index (χ0n) is 12.1. The number of aliphatic hydroxyl groups excluding tert-OH is 1. The molecule has 1 saturated carbocycles. The number of nitrogens with zero attached hydrogens (tertiary/aromatic N) is 1. The number of ether oxygens (including phenoxy) is 1. The second kappa shape index (κ2) is 6.40. The quantitative estimate of drug-likeness (QED) is 0.933. The topological polar surface area (TPSA) is 42.4 Å². The fraction of sp³-hybridized carbons (Fsp3) is 0.353. The van der Waals surface area contributed by atoms with Gasteiger partial charge in [0.2, 0.25) is 5.88 Å². The Hall–Kier alpha value is -2.01. The van der Waals surface area contributed by atoms with Gasteiger partial charge in [0.1, 0.15) is 17.7 Å². The average molecular weight is 305 g/mol. The smallest absolute Gasteiger partial charge is 0.221 e. The van der Waals surface area contributed by atoms with Crippen LogP contribution in [0.4, 0.5) is 8.78 Å². The summed E-state index contributed by atoms with van der Waals surface area (Å²) in [6.07, 6.45) is 5.91. The van der Waals surface area contributed by atoms with Gasteiger partial charge in [-0.25, -0.2) is 13.8 Å². The molecule has 1 fully saturated rings. The monoisotopic (exact) mass is 305 g/mol. The van der Waals surface area contributed by atoms with E-state index in [2.05, 4.69) is 4.98 Å². The lowest BCUT2D eigenvalue weighted by Crippen LogP contribution is -2.12. The average Bonchev–Trinajstić information content (AvgIpc) is 3.00. The summed E-state index contributed by atoms with van der Waals surface area (Å²) in [6, 6.07) is 5.83. The summed E-state index contributed by atoms with van der Waals surface area (Å²) in [4.78, 5) is 4.20. The molecule has 0 spiro atoms. The summed E-state index contributed by atoms with van der Waals surface area (Å²) in [6.45, 7) is -0.670. The third-order valence-corrected chi connectivity index (χ3v) is 3.96. The van der Waals surface area contributed by atoms with Crippen LogP contribution >= 0.6 is 0 Å². The molecule has 5 heteroatoms. The molecule has 1 aromatic heterocycles. The molecule has 0 radical (unpaired) electrons. The fourth-order valence-corrected chi connectivity index (χ4v) is 2.78. The molecule has 1 heterocycles. The molecule has 1 N–H and O–H groups in total. The molecule has 3 rings (SSSR count). The minimum atomic E-state index is -0.770. The van der Waals surface area contributed by atoms with E-state index in [-0.39, 0.29) is 11.7 Å². The lowest BCUT2D eigenvalue weighted by Gasteiger charge is -2.15. The highest BCUT2D eigenvalue weighted by Crippen LogP contribution is 2.33. The van der Waals surface area contributed by atoms with Gasteiger partial charge >= 0.3 is 0 Å². The van der Waals surface area contributed by atoms with Gasteiger partial charge in [-0.3, -0.25) is 0 Å². The van der Waals surface area contributed by atoms with E-state index in [0.717, 1.165) is 25.7 Å². The molecule has 22 heavy (non-hydrogen) atoms. The van der Waals surface area contributed by atoms with Crippen molar-refractivity contribution in [2.24, 2.45) is 0 Å². The molecule has 3 nitrogen and oxygen atoms in total. The minimum absolute atomic E-state index is 0.111. The number of benzene rings is 1. The van der Waals surface area contributed by atoms with Crippen molar-refractivity contribution in [3.63, 3.8) is 0 Å². The van der Waals surface area contributed by atoms with Crippen LogP contribution < -0.4 is 4.74 Å². The standard InChI is InChI=1S/C17H17F2NO2/c18-15-8-11(9-16(19)14(15)10-21)13-6-3-7-20-17(13)22-12-4-1-2-5-12/h3,6-9,12,21H,1-2,4-5,10H2. The zero-order chi connectivity index (χ0) is 15.5. The van der Waals surface area contributed by atoms with E-state index in [1.807, 2.05) is 0 Å². The molecule has 1 aromatic carbocycles. The molecule has 0 unspecified atom stereocenters. The molecule has 116 valence electrons. The summed E-state index contributed by atoms with van der Waals surface area (Å²) < 4.78 is 33.6. The molecule has 1 aliphatic carbocycles. The maximum atomic E-state index is 13.9. The van der Waals surface area contributed by atoms with Gasteiger partial charge in [0, 0.05) is 17.3 Å². The first kappa shape index (κ1) is 14.9. The molecular formula is C17H17F2NO2. The van der Waals surface area contributed by atoms with Crippen LogP contribution in [0.15, 0.2) is 30.5 Å². The first-order valence-corrected chi connectivity index (χ1v) is 7.40. The molecule has 2 aromatic rings. The third kappa shape index (κ3) is 2.95. The SMILES string of the molecule is OCc1c(F)cc(-c2cccnc2OC2CCCC2)cc1F. The van der Waals surface area contributed by atoms with Crippen LogP contribution in [0.3, 0.4) is 0 Å². The van der Waals surface area contributed by atoms with Gasteiger partial charge in [-0.15, -0.1) is 0 Å². The van der Waals surface area contributed by atoms with Gasteiger partial charge in [-0.2, -0.15) is 0 Å². The number of rotatable bonds is 4. The highest BCUT2D eigenvalue weighted by Gasteiger charge is 2.20. The van der Waals surface area contributed by atoms with Crippen molar-refractivity contribution in [1.82, 2.24) is 4.98 Å². The predicted molar refractivity (Wildman–Crippen MR) is 78.4 cm³/mol. The molecule has 0 amide bonds. The van der Waals surface area contributed by atoms with Crippen molar-refractivity contribution in [1.29, 1.82) is 0 Å². The number of halogens is 2. The van der Waals surface area contributed by atoms with E-state index in [1.165, 1.54) is 12.1 Å². The first-order chi connectivity index (χ1) is 10.7. The highest BCUT2D eigenvalue weighted by molar-refractivity contribution is 5.69. The Kier molecular flexibility index (Phi) is 4.34. The molecular weight excluding hydrogens is 288 g/mol. The summed E-state index contributed by atoms with van der Waals surface area (Å²) in [7, 11) is 0. The van der Waals surface area contributed by atoms with Gasteiger partial charge in [0.05, 0.1) is 6.61 Å². The molecule has 0 atom stereocenters. The number of hydrogen-bond acceptors (Lipinski definition) is 3. The first-order valence-electron chi connectivity index (χ1n) is 7.40. The van der Waals surface area contributed by atoms with Crippen LogP contribution in [-0.4, -0.2) is 16.2 Å². The molecule has 0 bridgehead atoms. The Bertz CT molecular complexity index is 646. The third-order valence-electron chi connectivity index (χ3n) is 3.96. The van der Waals surface area contributed by atoms with Crippen LogP contribution in [0.5, 0.6) is 5.88 Å². The van der Waals surface area contributed by atoms with Gasteiger partial charge < -0.3 is 9.84 Å². The number of aromatic nitrogens is 1. The van der Waals surface area contributed by atoms with E-state index in [1.54, 1.807) is 18.3 Å². The number of pyridine rings is 1. The molecule has 0 saturated heterocycles. The summed E-state index contributed by atoms with van der Waals surface area (Å²) in [5.41, 5.74) is 0.580. The largest absolute Gasteiger partial charge is 0.474 e. The zero-order valence-corrected chi connectivity index (χ0v) is 12.1. The lowest BCUT2D eigenvalue weighted by molar-refractivity contribution is 0.202. The second-order valence-electron chi connectivity index (χ2n) is 5.46.